The van der Waals surface area contributed by atoms with Crippen LogP contribution in [0.2, 0.25) is 0 Å². The van der Waals surface area contributed by atoms with Crippen LogP contribution in [0.3, 0.4) is 0 Å². The van der Waals surface area contributed by atoms with E-state index in [0.29, 0.717) is 40.7 Å². The summed E-state index contributed by atoms with van der Waals surface area (Å²) < 4.78 is 38.1. The Bertz CT molecular complexity index is 1710. The monoisotopic (exact) mass is 604 g/mol. The molecule has 1 amide bonds. The lowest BCUT2D eigenvalue weighted by Gasteiger charge is -2.25. The van der Waals surface area contributed by atoms with Crippen molar-refractivity contribution in [3.8, 4) is 11.5 Å². The molecule has 0 aliphatic heterocycles. The standard InChI is InChI=1S/C33H40N4O5S/c1-7-41-28-15-12-24(19-29(28)42-20(2)3)31(37-25-13-14-27-23(18-25)16-17-35-32(27)34)33(38)36-22(6)26-10-8-9-11-30(26)43(39,40)21(4)5/h8-22,31,37H,7H2,1-6H3,(H2,34,35)(H,36,38). The summed E-state index contributed by atoms with van der Waals surface area (Å²) in [4.78, 5) is 18.4. The number of anilines is 2. The van der Waals surface area contributed by atoms with Crippen molar-refractivity contribution in [1.29, 1.82) is 0 Å². The average molecular weight is 605 g/mol. The van der Waals surface area contributed by atoms with Crippen molar-refractivity contribution in [2.45, 2.75) is 69.9 Å². The number of nitrogens with two attached hydrogens (primary N) is 1. The number of carbonyl (C=O) groups excluding carboxylic acids is 1. The predicted molar refractivity (Wildman–Crippen MR) is 171 cm³/mol. The van der Waals surface area contributed by atoms with Gasteiger partial charge in [-0.05, 0) is 101 Å². The topological polar surface area (TPSA) is 133 Å². The first-order valence-corrected chi connectivity index (χ1v) is 15.9. The maximum Gasteiger partial charge on any atom is 0.247 e. The van der Waals surface area contributed by atoms with Crippen LogP contribution in [0.4, 0.5) is 11.5 Å². The first-order chi connectivity index (χ1) is 20.4. The number of nitrogens with one attached hydrogen (secondary N) is 2. The van der Waals surface area contributed by atoms with E-state index >= 15 is 0 Å². The van der Waals surface area contributed by atoms with Gasteiger partial charge in [0.1, 0.15) is 11.9 Å². The van der Waals surface area contributed by atoms with E-state index in [1.54, 1.807) is 63.4 Å². The third-order valence-electron chi connectivity index (χ3n) is 7.00. The fourth-order valence-electron chi connectivity index (χ4n) is 4.81. The number of ether oxygens (including phenoxy) is 2. The Morgan fingerprint density at radius 2 is 1.70 bits per heavy atom. The number of pyridine rings is 1. The summed E-state index contributed by atoms with van der Waals surface area (Å²) in [5.41, 5.74) is 7.90. The Morgan fingerprint density at radius 1 is 0.953 bits per heavy atom. The Balaban J connectivity index is 1.74. The molecule has 9 nitrogen and oxygen atoms in total. The molecular weight excluding hydrogens is 564 g/mol. The van der Waals surface area contributed by atoms with E-state index in [4.69, 9.17) is 15.2 Å². The van der Waals surface area contributed by atoms with Crippen molar-refractivity contribution in [3.05, 3.63) is 84.1 Å². The molecule has 228 valence electrons. The lowest BCUT2D eigenvalue weighted by Crippen LogP contribution is -2.36. The smallest absolute Gasteiger partial charge is 0.247 e. The molecule has 0 bridgehead atoms. The number of hydrogen-bond acceptors (Lipinski definition) is 8. The van der Waals surface area contributed by atoms with Crippen LogP contribution in [0.15, 0.2) is 77.8 Å². The van der Waals surface area contributed by atoms with Gasteiger partial charge in [0.25, 0.3) is 0 Å². The number of amides is 1. The molecule has 0 saturated carbocycles. The van der Waals surface area contributed by atoms with Gasteiger partial charge in [0.15, 0.2) is 21.3 Å². The number of fused-ring (bicyclic) bond motifs is 1. The largest absolute Gasteiger partial charge is 0.490 e. The highest BCUT2D eigenvalue weighted by atomic mass is 32.2. The molecule has 1 aromatic heterocycles. The van der Waals surface area contributed by atoms with Crippen molar-refractivity contribution in [1.82, 2.24) is 10.3 Å². The minimum Gasteiger partial charge on any atom is -0.490 e. The lowest BCUT2D eigenvalue weighted by molar-refractivity contribution is -0.122. The first-order valence-electron chi connectivity index (χ1n) is 14.4. The summed E-state index contributed by atoms with van der Waals surface area (Å²) in [6.45, 7) is 11.3. The zero-order chi connectivity index (χ0) is 31.3. The van der Waals surface area contributed by atoms with Crippen LogP contribution in [0, 0.1) is 0 Å². The molecule has 1 heterocycles. The molecule has 43 heavy (non-hydrogen) atoms. The molecule has 3 aromatic carbocycles. The summed E-state index contributed by atoms with van der Waals surface area (Å²) in [5.74, 6) is 1.17. The number of benzene rings is 3. The summed E-state index contributed by atoms with van der Waals surface area (Å²) in [5, 5.41) is 7.48. The Labute approximate surface area is 253 Å². The number of hydrogen-bond donors (Lipinski definition) is 3. The van der Waals surface area contributed by atoms with Gasteiger partial charge in [-0.2, -0.15) is 0 Å². The lowest BCUT2D eigenvalue weighted by atomic mass is 10.0. The number of carbonyl (C=O) groups is 1. The van der Waals surface area contributed by atoms with Gasteiger partial charge < -0.3 is 25.8 Å². The van der Waals surface area contributed by atoms with Gasteiger partial charge in [-0.3, -0.25) is 4.79 Å². The van der Waals surface area contributed by atoms with Gasteiger partial charge in [-0.25, -0.2) is 13.4 Å². The molecule has 4 rings (SSSR count). The van der Waals surface area contributed by atoms with Crippen molar-refractivity contribution in [2.75, 3.05) is 17.7 Å². The van der Waals surface area contributed by atoms with Crippen LogP contribution in [-0.2, 0) is 14.6 Å². The molecule has 0 saturated heterocycles. The van der Waals surface area contributed by atoms with E-state index in [9.17, 15) is 13.2 Å². The summed E-state index contributed by atoms with van der Waals surface area (Å²) in [7, 11) is -3.57. The van der Waals surface area contributed by atoms with Gasteiger partial charge >= 0.3 is 0 Å². The van der Waals surface area contributed by atoms with Crippen LogP contribution in [-0.4, -0.2) is 37.3 Å². The first kappa shape index (κ1) is 31.6. The fourth-order valence-corrected chi connectivity index (χ4v) is 6.16. The van der Waals surface area contributed by atoms with Crippen LogP contribution >= 0.6 is 0 Å². The third kappa shape index (κ3) is 7.19. The van der Waals surface area contributed by atoms with Crippen LogP contribution in [0.25, 0.3) is 10.8 Å². The molecule has 0 spiro atoms. The van der Waals surface area contributed by atoms with Gasteiger partial charge in [0.2, 0.25) is 5.91 Å². The summed E-state index contributed by atoms with van der Waals surface area (Å²) in [6, 6.07) is 18.2. The molecule has 0 fully saturated rings. The molecule has 2 unspecified atom stereocenters. The van der Waals surface area contributed by atoms with Gasteiger partial charge in [0, 0.05) is 17.3 Å². The fraction of sp³-hybridized carbons (Fsp3) is 0.333. The van der Waals surface area contributed by atoms with Gasteiger partial charge in [-0.1, -0.05) is 24.3 Å². The highest BCUT2D eigenvalue weighted by molar-refractivity contribution is 7.92. The van der Waals surface area contributed by atoms with Crippen molar-refractivity contribution >= 4 is 38.0 Å². The molecule has 4 N–H and O–H groups in total. The van der Waals surface area contributed by atoms with E-state index in [1.165, 1.54) is 0 Å². The minimum atomic E-state index is -3.57. The number of aromatic nitrogens is 1. The Kier molecular flexibility index (Phi) is 9.80. The number of rotatable bonds is 12. The second-order valence-electron chi connectivity index (χ2n) is 10.9. The predicted octanol–water partition coefficient (Wildman–Crippen LogP) is 6.22. The van der Waals surface area contributed by atoms with Crippen molar-refractivity contribution in [2.24, 2.45) is 0 Å². The molecule has 0 aliphatic carbocycles. The Morgan fingerprint density at radius 3 is 2.40 bits per heavy atom. The van der Waals surface area contributed by atoms with Gasteiger partial charge in [-0.15, -0.1) is 0 Å². The number of nitrogen functional groups attached to an aromatic ring is 1. The van der Waals surface area contributed by atoms with Crippen molar-refractivity contribution in [3.63, 3.8) is 0 Å². The molecular formula is C33H40N4O5S. The van der Waals surface area contributed by atoms with E-state index in [-0.39, 0.29) is 16.9 Å². The highest BCUT2D eigenvalue weighted by Gasteiger charge is 2.28. The summed E-state index contributed by atoms with van der Waals surface area (Å²) >= 11 is 0. The van der Waals surface area contributed by atoms with Gasteiger partial charge in [0.05, 0.1) is 28.9 Å². The summed E-state index contributed by atoms with van der Waals surface area (Å²) in [6.07, 6.45) is 1.52. The van der Waals surface area contributed by atoms with E-state index in [1.807, 2.05) is 51.1 Å². The Hall–Kier alpha value is -4.31. The average Bonchev–Trinajstić information content (AvgIpc) is 2.96. The highest BCUT2D eigenvalue weighted by Crippen LogP contribution is 2.34. The van der Waals surface area contributed by atoms with Crippen LogP contribution < -0.4 is 25.8 Å². The number of nitrogens with zero attached hydrogens (tertiary/aromatic N) is 1. The molecule has 0 aliphatic rings. The second kappa shape index (κ2) is 13.3. The number of sulfone groups is 1. The quantitative estimate of drug-likeness (QED) is 0.174. The zero-order valence-corrected chi connectivity index (χ0v) is 26.2. The molecule has 10 heteroatoms. The zero-order valence-electron chi connectivity index (χ0n) is 25.4. The molecule has 0 radical (unpaired) electrons. The minimum absolute atomic E-state index is 0.117. The molecule has 4 aromatic rings. The maximum atomic E-state index is 14.1. The SMILES string of the molecule is CCOc1ccc(C(Nc2ccc3c(N)nccc3c2)C(=O)NC(C)c2ccccc2S(=O)(=O)C(C)C)cc1OC(C)C. The third-order valence-corrected chi connectivity index (χ3v) is 9.23. The normalized spacial score (nSPS) is 13.1. The van der Waals surface area contributed by atoms with E-state index < -0.39 is 27.2 Å². The van der Waals surface area contributed by atoms with Crippen LogP contribution in [0.5, 0.6) is 11.5 Å². The molecule has 2 atom stereocenters. The van der Waals surface area contributed by atoms with E-state index in [0.717, 1.165) is 10.8 Å². The second-order valence-corrected chi connectivity index (χ2v) is 13.3. The van der Waals surface area contributed by atoms with E-state index in [2.05, 4.69) is 15.6 Å². The maximum absolute atomic E-state index is 14.1. The van der Waals surface area contributed by atoms with Crippen LogP contribution in [0.1, 0.15) is 64.8 Å². The van der Waals surface area contributed by atoms with Crippen molar-refractivity contribution < 1.29 is 22.7 Å².